The van der Waals surface area contributed by atoms with Crippen LogP contribution in [-0.4, -0.2) is 70.0 Å². The molecule has 1 saturated heterocycles. The van der Waals surface area contributed by atoms with E-state index in [1.807, 2.05) is 29.8 Å². The van der Waals surface area contributed by atoms with Gasteiger partial charge in [-0.25, -0.2) is 4.98 Å². The Balaban J connectivity index is 1.87. The first kappa shape index (κ1) is 16.7. The number of benzene rings is 1. The summed E-state index contributed by atoms with van der Waals surface area (Å²) in [6, 6.07) is 5.53. The molecule has 1 aliphatic rings. The summed E-state index contributed by atoms with van der Waals surface area (Å²) >= 11 is 0. The van der Waals surface area contributed by atoms with Gasteiger partial charge in [-0.15, -0.1) is 0 Å². The summed E-state index contributed by atoms with van der Waals surface area (Å²) in [7, 11) is 3.68. The quantitative estimate of drug-likeness (QED) is 0.838. The Bertz CT molecular complexity index is 743. The Kier molecular flexibility index (Phi) is 4.73. The van der Waals surface area contributed by atoms with E-state index in [0.29, 0.717) is 25.1 Å². The van der Waals surface area contributed by atoms with E-state index in [2.05, 4.69) is 9.88 Å². The lowest BCUT2D eigenvalue weighted by molar-refractivity contribution is 0.0786. The second-order valence-electron chi connectivity index (χ2n) is 6.37. The normalized spacial score (nSPS) is 17.7. The van der Waals surface area contributed by atoms with Gasteiger partial charge in [-0.1, -0.05) is 0 Å². The second kappa shape index (κ2) is 6.78. The number of aryl methyl sites for hydroxylation is 1. The molecule has 24 heavy (non-hydrogen) atoms. The zero-order chi connectivity index (χ0) is 17.3. The van der Waals surface area contributed by atoms with Crippen molar-refractivity contribution < 1.29 is 15.0 Å². The van der Waals surface area contributed by atoms with Crippen LogP contribution in [0.5, 0.6) is 0 Å². The standard InChI is InChI=1S/C17H24N4O3/c1-19(7-3-9-22)16(24)12-4-5-15-14(10-12)18-17(20(15)2)21-8-6-13(23)11-21/h4-5,10,13,22-23H,3,6-9,11H2,1-2H3/t13-/m0/s1. The van der Waals surface area contributed by atoms with E-state index in [0.717, 1.165) is 29.9 Å². The molecule has 1 amide bonds. The van der Waals surface area contributed by atoms with Crippen LogP contribution in [0.25, 0.3) is 11.0 Å². The molecule has 2 heterocycles. The molecule has 130 valence electrons. The maximum absolute atomic E-state index is 12.5. The Labute approximate surface area is 141 Å². The van der Waals surface area contributed by atoms with Crippen molar-refractivity contribution in [1.82, 2.24) is 14.5 Å². The molecular formula is C17H24N4O3. The minimum atomic E-state index is -0.304. The van der Waals surface area contributed by atoms with Crippen molar-refractivity contribution in [2.24, 2.45) is 7.05 Å². The van der Waals surface area contributed by atoms with Gasteiger partial charge >= 0.3 is 0 Å². The molecule has 2 aromatic rings. The minimum absolute atomic E-state index is 0.0714. The molecular weight excluding hydrogens is 308 g/mol. The van der Waals surface area contributed by atoms with Crippen LogP contribution in [0.2, 0.25) is 0 Å². The predicted molar refractivity (Wildman–Crippen MR) is 92.2 cm³/mol. The predicted octanol–water partition coefficient (Wildman–Crippen LogP) is 0.599. The molecule has 0 aliphatic carbocycles. The van der Waals surface area contributed by atoms with Gasteiger partial charge in [0.25, 0.3) is 5.91 Å². The first-order valence-electron chi connectivity index (χ1n) is 8.27. The molecule has 1 aromatic carbocycles. The number of aliphatic hydroxyl groups is 2. The van der Waals surface area contributed by atoms with Gasteiger partial charge in [0.15, 0.2) is 0 Å². The van der Waals surface area contributed by atoms with Crippen molar-refractivity contribution in [3.8, 4) is 0 Å². The van der Waals surface area contributed by atoms with Crippen LogP contribution in [0.15, 0.2) is 18.2 Å². The molecule has 0 radical (unpaired) electrons. The molecule has 7 nitrogen and oxygen atoms in total. The fraction of sp³-hybridized carbons (Fsp3) is 0.529. The zero-order valence-corrected chi connectivity index (χ0v) is 14.1. The summed E-state index contributed by atoms with van der Waals surface area (Å²) in [6.07, 6.45) is 1.01. The first-order valence-corrected chi connectivity index (χ1v) is 8.27. The second-order valence-corrected chi connectivity index (χ2v) is 6.37. The fourth-order valence-corrected chi connectivity index (χ4v) is 3.16. The number of β-amino-alcohol motifs (C(OH)–C–C–N with tert-alkyl or cyclic N) is 1. The topological polar surface area (TPSA) is 81.8 Å². The largest absolute Gasteiger partial charge is 0.396 e. The summed E-state index contributed by atoms with van der Waals surface area (Å²) < 4.78 is 2.00. The number of hydrogen-bond acceptors (Lipinski definition) is 5. The maximum atomic E-state index is 12.5. The van der Waals surface area contributed by atoms with Gasteiger partial charge in [0.2, 0.25) is 5.95 Å². The molecule has 2 N–H and O–H groups in total. The van der Waals surface area contributed by atoms with E-state index in [1.54, 1.807) is 11.9 Å². The molecule has 0 unspecified atom stereocenters. The van der Waals surface area contributed by atoms with Crippen molar-refractivity contribution in [2.75, 3.05) is 38.2 Å². The number of aliphatic hydroxyl groups excluding tert-OH is 2. The Morgan fingerprint density at radius 3 is 2.92 bits per heavy atom. The number of rotatable bonds is 5. The zero-order valence-electron chi connectivity index (χ0n) is 14.1. The van der Waals surface area contributed by atoms with E-state index >= 15 is 0 Å². The molecule has 3 rings (SSSR count). The highest BCUT2D eigenvalue weighted by Gasteiger charge is 2.24. The number of aromatic nitrogens is 2. The van der Waals surface area contributed by atoms with E-state index < -0.39 is 0 Å². The highest BCUT2D eigenvalue weighted by Crippen LogP contribution is 2.25. The molecule has 0 bridgehead atoms. The lowest BCUT2D eigenvalue weighted by Crippen LogP contribution is -2.28. The van der Waals surface area contributed by atoms with Gasteiger partial charge in [0.1, 0.15) is 0 Å². The highest BCUT2D eigenvalue weighted by molar-refractivity contribution is 5.97. The Morgan fingerprint density at radius 1 is 1.46 bits per heavy atom. The van der Waals surface area contributed by atoms with Gasteiger partial charge in [0, 0.05) is 45.9 Å². The summed E-state index contributed by atoms with van der Waals surface area (Å²) in [5.74, 6) is 0.744. The lowest BCUT2D eigenvalue weighted by atomic mass is 10.1. The number of fused-ring (bicyclic) bond motifs is 1. The van der Waals surface area contributed by atoms with E-state index in [9.17, 15) is 9.90 Å². The molecule has 0 saturated carbocycles. The molecule has 0 spiro atoms. The Morgan fingerprint density at radius 2 is 2.25 bits per heavy atom. The van der Waals surface area contributed by atoms with Crippen LogP contribution in [0.4, 0.5) is 5.95 Å². The summed E-state index contributed by atoms with van der Waals surface area (Å²) in [6.45, 7) is 1.97. The van der Waals surface area contributed by atoms with Crippen molar-refractivity contribution in [3.05, 3.63) is 23.8 Å². The van der Waals surface area contributed by atoms with E-state index in [-0.39, 0.29) is 18.6 Å². The molecule has 7 heteroatoms. The van der Waals surface area contributed by atoms with Gasteiger partial charge in [0.05, 0.1) is 17.1 Å². The lowest BCUT2D eigenvalue weighted by Gasteiger charge is -2.16. The van der Waals surface area contributed by atoms with Crippen molar-refractivity contribution in [3.63, 3.8) is 0 Å². The third-order valence-corrected chi connectivity index (χ3v) is 4.55. The molecule has 1 aromatic heterocycles. The number of amides is 1. The number of imidazole rings is 1. The van der Waals surface area contributed by atoms with Crippen LogP contribution < -0.4 is 4.90 Å². The first-order chi connectivity index (χ1) is 11.5. The third kappa shape index (κ3) is 3.09. The van der Waals surface area contributed by atoms with E-state index in [4.69, 9.17) is 5.11 Å². The van der Waals surface area contributed by atoms with Crippen LogP contribution in [0.1, 0.15) is 23.2 Å². The number of anilines is 1. The van der Waals surface area contributed by atoms with Crippen molar-refractivity contribution in [1.29, 1.82) is 0 Å². The molecule has 1 fully saturated rings. The highest BCUT2D eigenvalue weighted by atomic mass is 16.3. The SMILES string of the molecule is CN(CCCO)C(=O)c1ccc2c(c1)nc(N1CC[C@H](O)C1)n2C. The van der Waals surface area contributed by atoms with Gasteiger partial charge < -0.3 is 24.6 Å². The number of carbonyl (C=O) groups is 1. The average Bonchev–Trinajstić information content (AvgIpc) is 3.15. The summed E-state index contributed by atoms with van der Waals surface area (Å²) in [4.78, 5) is 20.8. The summed E-state index contributed by atoms with van der Waals surface area (Å²) in [5, 5.41) is 18.6. The summed E-state index contributed by atoms with van der Waals surface area (Å²) in [5.41, 5.74) is 2.32. The molecule has 1 aliphatic heterocycles. The van der Waals surface area contributed by atoms with Crippen LogP contribution in [-0.2, 0) is 7.05 Å². The maximum Gasteiger partial charge on any atom is 0.253 e. The fourth-order valence-electron chi connectivity index (χ4n) is 3.16. The van der Waals surface area contributed by atoms with Crippen LogP contribution in [0, 0.1) is 0 Å². The van der Waals surface area contributed by atoms with Gasteiger partial charge in [-0.3, -0.25) is 4.79 Å². The number of carbonyl (C=O) groups excluding carboxylic acids is 1. The minimum Gasteiger partial charge on any atom is -0.396 e. The van der Waals surface area contributed by atoms with Gasteiger partial charge in [-0.2, -0.15) is 0 Å². The van der Waals surface area contributed by atoms with Crippen molar-refractivity contribution in [2.45, 2.75) is 18.9 Å². The molecule has 1 atom stereocenters. The van der Waals surface area contributed by atoms with Gasteiger partial charge in [-0.05, 0) is 31.0 Å². The van der Waals surface area contributed by atoms with Crippen LogP contribution in [0.3, 0.4) is 0 Å². The third-order valence-electron chi connectivity index (χ3n) is 4.55. The average molecular weight is 332 g/mol. The van der Waals surface area contributed by atoms with E-state index in [1.165, 1.54) is 0 Å². The Hall–Kier alpha value is -2.12. The van der Waals surface area contributed by atoms with Crippen LogP contribution >= 0.6 is 0 Å². The number of hydrogen-bond donors (Lipinski definition) is 2. The van der Waals surface area contributed by atoms with Crippen molar-refractivity contribution >= 4 is 22.9 Å². The smallest absolute Gasteiger partial charge is 0.253 e. The monoisotopic (exact) mass is 332 g/mol. The number of nitrogens with zero attached hydrogens (tertiary/aromatic N) is 4.